The lowest BCUT2D eigenvalue weighted by Crippen LogP contribution is -2.38. The van der Waals surface area contributed by atoms with Crippen LogP contribution in [0.5, 0.6) is 0 Å². The van der Waals surface area contributed by atoms with E-state index in [1.54, 1.807) is 13.8 Å². The number of esters is 1. The second-order valence-corrected chi connectivity index (χ2v) is 8.47. The van der Waals surface area contributed by atoms with Crippen LogP contribution in [0.3, 0.4) is 0 Å². The van der Waals surface area contributed by atoms with Crippen LogP contribution in [-0.2, 0) is 19.0 Å². The van der Waals surface area contributed by atoms with Gasteiger partial charge in [-0.05, 0) is 32.0 Å². The van der Waals surface area contributed by atoms with Crippen molar-refractivity contribution in [2.75, 3.05) is 6.61 Å². The fourth-order valence-corrected chi connectivity index (χ4v) is 3.60. The highest BCUT2D eigenvalue weighted by atomic mass is 28.4. The summed E-state index contributed by atoms with van der Waals surface area (Å²) in [6, 6.07) is 2.99. The van der Waals surface area contributed by atoms with E-state index in [2.05, 4.69) is 20.8 Å². The van der Waals surface area contributed by atoms with E-state index >= 15 is 0 Å². The van der Waals surface area contributed by atoms with Gasteiger partial charge in [-0.3, -0.25) is 4.58 Å². The van der Waals surface area contributed by atoms with Crippen molar-refractivity contribution in [3.63, 3.8) is 0 Å². The molecule has 0 aliphatic heterocycles. The van der Waals surface area contributed by atoms with Crippen molar-refractivity contribution in [3.8, 4) is 0 Å². The van der Waals surface area contributed by atoms with E-state index in [0.29, 0.717) is 6.61 Å². The lowest BCUT2D eigenvalue weighted by atomic mass is 10.4. The Morgan fingerprint density at radius 2 is 1.62 bits per heavy atom. The van der Waals surface area contributed by atoms with Gasteiger partial charge in [0.15, 0.2) is 6.10 Å². The monoisotopic (exact) mass is 248 g/mol. The van der Waals surface area contributed by atoms with Crippen LogP contribution in [0.15, 0.2) is 0 Å². The lowest BCUT2D eigenvalue weighted by Gasteiger charge is -2.27. The van der Waals surface area contributed by atoms with Gasteiger partial charge in [0.1, 0.15) is 0 Å². The maximum atomic E-state index is 11.3. The molecule has 0 heterocycles. The van der Waals surface area contributed by atoms with Gasteiger partial charge in [0, 0.05) is 0 Å². The summed E-state index contributed by atoms with van der Waals surface area (Å²) in [5.41, 5.74) is 0. The maximum Gasteiger partial charge on any atom is 0.338 e. The average Bonchev–Trinajstić information content (AvgIpc) is 2.31. The van der Waals surface area contributed by atoms with Crippen molar-refractivity contribution in [1.82, 2.24) is 0 Å². The van der Waals surface area contributed by atoms with Gasteiger partial charge in [-0.1, -0.05) is 20.8 Å². The zero-order valence-electron chi connectivity index (χ0n) is 11.0. The molecule has 0 aromatic rings. The van der Waals surface area contributed by atoms with Gasteiger partial charge in [0.25, 0.3) is 0 Å². The molecule has 0 saturated carbocycles. The first-order valence-corrected chi connectivity index (χ1v) is 8.59. The molecule has 0 spiro atoms. The number of hydrogen-bond donors (Lipinski definition) is 0. The smallest absolute Gasteiger partial charge is 0.338 e. The normalized spacial score (nSPS) is 13.6. The Morgan fingerprint density at radius 1 is 1.12 bits per heavy atom. The zero-order chi connectivity index (χ0) is 12.6. The van der Waals surface area contributed by atoms with E-state index in [1.807, 2.05) is 0 Å². The number of rotatable bonds is 8. The van der Waals surface area contributed by atoms with E-state index in [0.717, 1.165) is 18.1 Å². The first-order chi connectivity index (χ1) is 7.55. The quantitative estimate of drug-likeness (QED) is 0.287. The van der Waals surface area contributed by atoms with Crippen LogP contribution in [0.4, 0.5) is 0 Å². The minimum atomic E-state index is -1.78. The molecule has 0 radical (unpaired) electrons. The fourth-order valence-electron chi connectivity index (χ4n) is 1.40. The van der Waals surface area contributed by atoms with Crippen LogP contribution in [-0.4, -0.2) is 27.0 Å². The molecule has 16 heavy (non-hydrogen) atoms. The predicted molar refractivity (Wildman–Crippen MR) is 65.5 cm³/mol. The Kier molecular flexibility index (Phi) is 7.62. The topological polar surface area (TPSA) is 44.8 Å². The van der Waals surface area contributed by atoms with Crippen LogP contribution >= 0.6 is 0 Å². The Hall–Kier alpha value is -0.393. The third kappa shape index (κ3) is 4.63. The molecule has 1 atom stereocenters. The first kappa shape index (κ1) is 15.6. The Balaban J connectivity index is 4.15. The van der Waals surface area contributed by atoms with Crippen molar-refractivity contribution < 1.29 is 19.0 Å². The number of hydrogen-bond acceptors (Lipinski definition) is 4. The van der Waals surface area contributed by atoms with E-state index < -0.39 is 14.4 Å². The molecule has 0 aromatic carbocycles. The summed E-state index contributed by atoms with van der Waals surface area (Å²) in [5, 5.41) is 0. The molecule has 0 rings (SSSR count). The molecule has 5 heteroatoms. The highest BCUT2D eigenvalue weighted by Gasteiger charge is 2.32. The molecule has 0 N–H and O–H groups in total. The van der Waals surface area contributed by atoms with Crippen molar-refractivity contribution in [3.05, 3.63) is 0 Å². The van der Waals surface area contributed by atoms with Gasteiger partial charge >= 0.3 is 5.97 Å². The summed E-state index contributed by atoms with van der Waals surface area (Å²) in [6.07, 6.45) is -0.642. The Bertz CT molecular complexity index is 196. The van der Waals surface area contributed by atoms with Crippen LogP contribution < -0.4 is 0 Å². The lowest BCUT2D eigenvalue weighted by molar-refractivity contribution is -0.254. The number of carbonyl (C=O) groups excluding carboxylic acids is 1. The van der Waals surface area contributed by atoms with Crippen molar-refractivity contribution in [1.29, 1.82) is 0 Å². The number of carbonyl (C=O) groups is 1. The molecule has 0 bridgehead atoms. The molecular weight excluding hydrogens is 224 g/mol. The second-order valence-electron chi connectivity index (χ2n) is 3.82. The van der Waals surface area contributed by atoms with Crippen molar-refractivity contribution in [2.45, 2.75) is 58.9 Å². The summed E-state index contributed by atoms with van der Waals surface area (Å²) < 4.78 is 10.4. The molecule has 4 nitrogen and oxygen atoms in total. The van der Waals surface area contributed by atoms with E-state index in [1.165, 1.54) is 0 Å². The molecule has 96 valence electrons. The van der Waals surface area contributed by atoms with Gasteiger partial charge in [-0.25, -0.2) is 9.68 Å². The summed E-state index contributed by atoms with van der Waals surface area (Å²) in [7, 11) is -1.78. The van der Waals surface area contributed by atoms with Gasteiger partial charge < -0.3 is 4.74 Å². The minimum Gasteiger partial charge on any atom is -0.464 e. The summed E-state index contributed by atoms with van der Waals surface area (Å²) in [4.78, 5) is 16.5. The van der Waals surface area contributed by atoms with Crippen molar-refractivity contribution >= 4 is 14.3 Å². The molecule has 0 aliphatic carbocycles. The number of ether oxygens (including phenoxy) is 1. The largest absolute Gasteiger partial charge is 0.464 e. The summed E-state index contributed by atoms with van der Waals surface area (Å²) in [5.74, 6) is -0.367. The molecular formula is C11H24O4Si. The van der Waals surface area contributed by atoms with E-state index in [4.69, 9.17) is 14.2 Å². The predicted octanol–water partition coefficient (Wildman–Crippen LogP) is 2.89. The Morgan fingerprint density at radius 3 is 2.00 bits per heavy atom. The third-order valence-electron chi connectivity index (χ3n) is 2.92. The van der Waals surface area contributed by atoms with Crippen molar-refractivity contribution in [2.24, 2.45) is 0 Å². The SMILES string of the molecule is CCOC(=O)C(C)OO[Si](CC)(CC)CC. The first-order valence-electron chi connectivity index (χ1n) is 6.06. The minimum absolute atomic E-state index is 0.366. The fraction of sp³-hybridized carbons (Fsp3) is 0.909. The molecule has 0 amide bonds. The summed E-state index contributed by atoms with van der Waals surface area (Å²) in [6.45, 7) is 10.1. The molecule has 0 fully saturated rings. The van der Waals surface area contributed by atoms with Gasteiger partial charge in [-0.2, -0.15) is 0 Å². The van der Waals surface area contributed by atoms with Crippen LogP contribution in [0.2, 0.25) is 18.1 Å². The second kappa shape index (κ2) is 7.81. The van der Waals surface area contributed by atoms with Crippen LogP contribution in [0.25, 0.3) is 0 Å². The third-order valence-corrected chi connectivity index (χ3v) is 7.24. The molecule has 0 aliphatic rings. The zero-order valence-corrected chi connectivity index (χ0v) is 12.0. The van der Waals surface area contributed by atoms with Gasteiger partial charge in [0.05, 0.1) is 6.61 Å². The molecule has 0 saturated heterocycles. The molecule has 0 aromatic heterocycles. The highest BCUT2D eigenvalue weighted by molar-refractivity contribution is 6.73. The van der Waals surface area contributed by atoms with E-state index in [9.17, 15) is 4.79 Å². The standard InChI is InChI=1S/C11H24O4Si/c1-6-13-11(12)10(5)14-15-16(7-2,8-3)9-4/h10H,6-9H2,1-5H3. The summed E-state index contributed by atoms with van der Waals surface area (Å²) >= 11 is 0. The van der Waals surface area contributed by atoms with Crippen LogP contribution in [0.1, 0.15) is 34.6 Å². The van der Waals surface area contributed by atoms with Crippen LogP contribution in [0, 0.1) is 0 Å². The maximum absolute atomic E-state index is 11.3. The highest BCUT2D eigenvalue weighted by Crippen LogP contribution is 2.22. The van der Waals surface area contributed by atoms with E-state index in [-0.39, 0.29) is 5.97 Å². The average molecular weight is 248 g/mol. The Labute approximate surface area is 99.3 Å². The van der Waals surface area contributed by atoms with Gasteiger partial charge in [-0.15, -0.1) is 0 Å². The molecule has 1 unspecified atom stereocenters. The van der Waals surface area contributed by atoms with Gasteiger partial charge in [0.2, 0.25) is 8.32 Å².